The summed E-state index contributed by atoms with van der Waals surface area (Å²) in [6.45, 7) is 5.86. The Bertz CT molecular complexity index is 635. The number of nitrogens with two attached hydrogens (primary N) is 1. The van der Waals surface area contributed by atoms with Crippen molar-refractivity contribution in [3.05, 3.63) is 53.3 Å². The molecule has 1 heterocycles. The van der Waals surface area contributed by atoms with Crippen LogP contribution in [0.15, 0.2) is 36.4 Å². The van der Waals surface area contributed by atoms with Crippen molar-refractivity contribution < 1.29 is 4.79 Å². The Kier molecular flexibility index (Phi) is 4.58. The molecule has 0 aliphatic heterocycles. The molecule has 0 bridgehead atoms. The van der Waals surface area contributed by atoms with Gasteiger partial charge in [0.05, 0.1) is 11.4 Å². The maximum Gasteiger partial charge on any atom is 0.225 e. The van der Waals surface area contributed by atoms with Crippen LogP contribution in [0.3, 0.4) is 0 Å². The van der Waals surface area contributed by atoms with Gasteiger partial charge >= 0.3 is 0 Å². The van der Waals surface area contributed by atoms with E-state index in [9.17, 15) is 4.79 Å². The number of carbonyl (C=O) groups is 1. The second-order valence-corrected chi connectivity index (χ2v) is 5.41. The summed E-state index contributed by atoms with van der Waals surface area (Å²) in [5, 5.41) is 2.92. The lowest BCUT2D eigenvalue weighted by molar-refractivity contribution is -0.116. The number of anilines is 2. The molecule has 0 radical (unpaired) electrons. The summed E-state index contributed by atoms with van der Waals surface area (Å²) in [5.74, 6) is 0.136. The molecule has 110 valence electrons. The Morgan fingerprint density at radius 3 is 2.48 bits per heavy atom. The largest absolute Gasteiger partial charge is 0.399 e. The SMILES string of the molecule is Cc1ccc(NC(=O)CC(C)c2ccc(N)cc2)c(C)n1. The highest BCUT2D eigenvalue weighted by Crippen LogP contribution is 2.21. The fourth-order valence-corrected chi connectivity index (χ4v) is 2.24. The van der Waals surface area contributed by atoms with Gasteiger partial charge in [-0.15, -0.1) is 0 Å². The summed E-state index contributed by atoms with van der Waals surface area (Å²) < 4.78 is 0. The predicted molar refractivity (Wildman–Crippen MR) is 86.2 cm³/mol. The highest BCUT2D eigenvalue weighted by atomic mass is 16.1. The molecule has 0 fully saturated rings. The number of aryl methyl sites for hydroxylation is 2. The topological polar surface area (TPSA) is 68.0 Å². The van der Waals surface area contributed by atoms with Crippen LogP contribution in [0, 0.1) is 13.8 Å². The Morgan fingerprint density at radius 1 is 1.19 bits per heavy atom. The average molecular weight is 283 g/mol. The molecule has 4 nitrogen and oxygen atoms in total. The molecular weight excluding hydrogens is 262 g/mol. The summed E-state index contributed by atoms with van der Waals surface area (Å²) in [7, 11) is 0. The highest BCUT2D eigenvalue weighted by Gasteiger charge is 2.12. The first-order valence-corrected chi connectivity index (χ1v) is 7.05. The van der Waals surface area contributed by atoms with E-state index in [0.29, 0.717) is 6.42 Å². The third-order valence-electron chi connectivity index (χ3n) is 3.50. The summed E-state index contributed by atoms with van der Waals surface area (Å²) in [4.78, 5) is 16.5. The van der Waals surface area contributed by atoms with E-state index in [-0.39, 0.29) is 11.8 Å². The minimum absolute atomic E-state index is 0.00641. The van der Waals surface area contributed by atoms with E-state index in [4.69, 9.17) is 5.73 Å². The maximum absolute atomic E-state index is 12.1. The number of pyridine rings is 1. The molecule has 2 rings (SSSR count). The lowest BCUT2D eigenvalue weighted by atomic mass is 9.97. The van der Waals surface area contributed by atoms with Crippen molar-refractivity contribution in [1.29, 1.82) is 0 Å². The Labute approximate surface area is 125 Å². The minimum Gasteiger partial charge on any atom is -0.399 e. The van der Waals surface area contributed by atoms with Gasteiger partial charge in [0.15, 0.2) is 0 Å². The van der Waals surface area contributed by atoms with Crippen LogP contribution in [0.5, 0.6) is 0 Å². The molecular formula is C17H21N3O. The normalized spacial score (nSPS) is 12.0. The molecule has 1 unspecified atom stereocenters. The van der Waals surface area contributed by atoms with Crippen LogP contribution in [0.1, 0.15) is 36.2 Å². The van der Waals surface area contributed by atoms with E-state index < -0.39 is 0 Å². The van der Waals surface area contributed by atoms with E-state index >= 15 is 0 Å². The number of nitrogen functional groups attached to an aromatic ring is 1. The van der Waals surface area contributed by atoms with E-state index in [1.54, 1.807) is 0 Å². The van der Waals surface area contributed by atoms with Crippen LogP contribution < -0.4 is 11.1 Å². The van der Waals surface area contributed by atoms with Gasteiger partial charge in [0, 0.05) is 17.8 Å². The van der Waals surface area contributed by atoms with Crippen LogP contribution in [-0.4, -0.2) is 10.9 Å². The number of carbonyl (C=O) groups excluding carboxylic acids is 1. The van der Waals surface area contributed by atoms with Gasteiger partial charge in [-0.2, -0.15) is 0 Å². The first kappa shape index (κ1) is 15.0. The number of hydrogen-bond donors (Lipinski definition) is 2. The molecule has 0 aliphatic rings. The quantitative estimate of drug-likeness (QED) is 0.845. The summed E-state index contributed by atoms with van der Waals surface area (Å²) >= 11 is 0. The zero-order valence-corrected chi connectivity index (χ0v) is 12.7. The van der Waals surface area contributed by atoms with Gasteiger partial charge in [-0.1, -0.05) is 19.1 Å². The van der Waals surface area contributed by atoms with Crippen molar-refractivity contribution in [3.63, 3.8) is 0 Å². The van der Waals surface area contributed by atoms with Gasteiger partial charge in [0.2, 0.25) is 5.91 Å². The smallest absolute Gasteiger partial charge is 0.225 e. The molecule has 0 saturated heterocycles. The number of nitrogens with one attached hydrogen (secondary N) is 1. The van der Waals surface area contributed by atoms with Gasteiger partial charge in [0.25, 0.3) is 0 Å². The maximum atomic E-state index is 12.1. The van der Waals surface area contributed by atoms with Gasteiger partial charge in [-0.05, 0) is 49.6 Å². The molecule has 2 aromatic rings. The van der Waals surface area contributed by atoms with E-state index in [0.717, 1.165) is 28.3 Å². The lowest BCUT2D eigenvalue weighted by Gasteiger charge is -2.13. The van der Waals surface area contributed by atoms with Crippen molar-refractivity contribution >= 4 is 17.3 Å². The average Bonchev–Trinajstić information content (AvgIpc) is 2.42. The van der Waals surface area contributed by atoms with E-state index in [1.807, 2.05) is 57.2 Å². The molecule has 21 heavy (non-hydrogen) atoms. The van der Waals surface area contributed by atoms with Crippen molar-refractivity contribution in [2.45, 2.75) is 33.1 Å². The Hall–Kier alpha value is -2.36. The summed E-state index contributed by atoms with van der Waals surface area (Å²) in [5.41, 5.74) is 10.1. The second kappa shape index (κ2) is 6.39. The zero-order valence-electron chi connectivity index (χ0n) is 12.7. The van der Waals surface area contributed by atoms with Crippen LogP contribution in [0.4, 0.5) is 11.4 Å². The fraction of sp³-hybridized carbons (Fsp3) is 0.294. The molecule has 1 aromatic heterocycles. The second-order valence-electron chi connectivity index (χ2n) is 5.41. The first-order valence-electron chi connectivity index (χ1n) is 7.05. The van der Waals surface area contributed by atoms with E-state index in [1.165, 1.54) is 0 Å². The molecule has 1 atom stereocenters. The number of rotatable bonds is 4. The molecule has 1 amide bonds. The fourth-order valence-electron chi connectivity index (χ4n) is 2.24. The minimum atomic E-state index is -0.00641. The van der Waals surface area contributed by atoms with Crippen LogP contribution in [-0.2, 0) is 4.79 Å². The van der Waals surface area contributed by atoms with Gasteiger partial charge in [-0.25, -0.2) is 0 Å². The monoisotopic (exact) mass is 283 g/mol. The molecule has 0 saturated carbocycles. The van der Waals surface area contributed by atoms with Gasteiger partial charge in [-0.3, -0.25) is 9.78 Å². The molecule has 0 aliphatic carbocycles. The van der Waals surface area contributed by atoms with Crippen molar-refractivity contribution in [3.8, 4) is 0 Å². The van der Waals surface area contributed by atoms with Crippen LogP contribution >= 0.6 is 0 Å². The summed E-state index contributed by atoms with van der Waals surface area (Å²) in [6.07, 6.45) is 0.428. The van der Waals surface area contributed by atoms with Gasteiger partial charge < -0.3 is 11.1 Å². The molecule has 3 N–H and O–H groups in total. The number of amides is 1. The number of benzene rings is 1. The van der Waals surface area contributed by atoms with Gasteiger partial charge in [0.1, 0.15) is 0 Å². The van der Waals surface area contributed by atoms with Crippen molar-refractivity contribution in [2.24, 2.45) is 0 Å². The standard InChI is InChI=1S/C17H21N3O/c1-11(14-5-7-15(18)8-6-14)10-17(21)20-16-9-4-12(2)19-13(16)3/h4-9,11H,10,18H2,1-3H3,(H,20,21). The lowest BCUT2D eigenvalue weighted by Crippen LogP contribution is -2.15. The first-order chi connectivity index (χ1) is 9.95. The highest BCUT2D eigenvalue weighted by molar-refractivity contribution is 5.91. The third kappa shape index (κ3) is 4.05. The number of nitrogens with zero attached hydrogens (tertiary/aromatic N) is 1. The van der Waals surface area contributed by atoms with Crippen LogP contribution in [0.25, 0.3) is 0 Å². The van der Waals surface area contributed by atoms with Crippen molar-refractivity contribution in [2.75, 3.05) is 11.1 Å². The molecule has 4 heteroatoms. The number of aromatic nitrogens is 1. The third-order valence-corrected chi connectivity index (χ3v) is 3.50. The van der Waals surface area contributed by atoms with Crippen LogP contribution in [0.2, 0.25) is 0 Å². The predicted octanol–water partition coefficient (Wildman–Crippen LogP) is 3.41. The Morgan fingerprint density at radius 2 is 1.86 bits per heavy atom. The Balaban J connectivity index is 1.99. The van der Waals surface area contributed by atoms with E-state index in [2.05, 4.69) is 10.3 Å². The molecule has 1 aromatic carbocycles. The summed E-state index contributed by atoms with van der Waals surface area (Å²) in [6, 6.07) is 11.4. The zero-order chi connectivity index (χ0) is 15.4. The molecule has 0 spiro atoms. The number of hydrogen-bond acceptors (Lipinski definition) is 3. The van der Waals surface area contributed by atoms with Crippen molar-refractivity contribution in [1.82, 2.24) is 4.98 Å².